The van der Waals surface area contributed by atoms with Gasteiger partial charge in [-0.25, -0.2) is 4.79 Å². The van der Waals surface area contributed by atoms with Crippen molar-refractivity contribution in [1.82, 2.24) is 16.0 Å². The number of carboxylic acids is 1. The molecule has 182 valence electrons. The van der Waals surface area contributed by atoms with E-state index in [1.807, 2.05) is 0 Å². The molecule has 1 heterocycles. The van der Waals surface area contributed by atoms with Gasteiger partial charge in [-0.2, -0.15) is 0 Å². The van der Waals surface area contributed by atoms with Crippen molar-refractivity contribution < 1.29 is 33.8 Å². The number of aryl methyl sites for hydroxylation is 2. The van der Waals surface area contributed by atoms with Crippen molar-refractivity contribution in [3.63, 3.8) is 0 Å². The van der Waals surface area contributed by atoms with Crippen LogP contribution in [-0.2, 0) is 11.3 Å². The Bertz CT molecular complexity index is 1270. The zero-order chi connectivity index (χ0) is 25.5. The first-order valence-electron chi connectivity index (χ1n) is 10.7. The van der Waals surface area contributed by atoms with Crippen LogP contribution in [0.1, 0.15) is 48.0 Å². The quantitative estimate of drug-likeness (QED) is 0.314. The summed E-state index contributed by atoms with van der Waals surface area (Å²) in [5, 5.41) is 26.5. The number of carbonyl (C=O) groups excluding carboxylic acids is 3. The van der Waals surface area contributed by atoms with Crippen LogP contribution in [-0.4, -0.2) is 46.5 Å². The molecule has 0 radical (unpaired) electrons. The predicted octanol–water partition coefficient (Wildman–Crippen LogP) is 2.15. The molecule has 0 aliphatic rings. The van der Waals surface area contributed by atoms with Crippen LogP contribution in [0.25, 0.3) is 0 Å². The molecule has 1 unspecified atom stereocenters. The van der Waals surface area contributed by atoms with E-state index in [1.54, 1.807) is 32.0 Å². The average molecular weight is 479 g/mol. The van der Waals surface area contributed by atoms with Gasteiger partial charge in [-0.15, -0.1) is 0 Å². The minimum Gasteiger partial charge on any atom is -0.508 e. The molecule has 0 saturated carbocycles. The van der Waals surface area contributed by atoms with E-state index in [2.05, 4.69) is 16.0 Å². The van der Waals surface area contributed by atoms with Crippen LogP contribution in [0.15, 0.2) is 59.2 Å². The van der Waals surface area contributed by atoms with Gasteiger partial charge in [0.25, 0.3) is 17.7 Å². The number of furan rings is 1. The van der Waals surface area contributed by atoms with E-state index in [0.29, 0.717) is 16.7 Å². The third-order valence-electron chi connectivity index (χ3n) is 5.24. The highest BCUT2D eigenvalue weighted by Gasteiger charge is 2.24. The fourth-order valence-electron chi connectivity index (χ4n) is 3.33. The number of carboxylic acid groups (broad SMARTS) is 1. The lowest BCUT2D eigenvalue weighted by molar-refractivity contribution is -0.139. The Balaban J connectivity index is 1.61. The van der Waals surface area contributed by atoms with Gasteiger partial charge >= 0.3 is 5.97 Å². The molecule has 0 aliphatic carbocycles. The Labute approximate surface area is 201 Å². The minimum absolute atomic E-state index is 0.0641. The van der Waals surface area contributed by atoms with Crippen molar-refractivity contribution in [3.05, 3.63) is 88.4 Å². The largest absolute Gasteiger partial charge is 0.508 e. The number of rotatable bonds is 9. The fraction of sp³-hybridized carbons (Fsp3) is 0.200. The molecule has 10 heteroatoms. The molecule has 5 N–H and O–H groups in total. The number of benzene rings is 2. The number of aromatic hydroxyl groups is 1. The number of nitrogens with one attached hydrogen (secondary N) is 3. The first-order valence-corrected chi connectivity index (χ1v) is 10.7. The SMILES string of the molecule is Cc1cc(C(=O)NCc2cccc(O)c2)ccc1C(=O)NC(CNC(=O)c1occc1C)C(=O)O. The Morgan fingerprint density at radius 3 is 2.31 bits per heavy atom. The van der Waals surface area contributed by atoms with Crippen LogP contribution in [0.4, 0.5) is 0 Å². The van der Waals surface area contributed by atoms with Gasteiger partial charge in [-0.05, 0) is 61.4 Å². The number of aliphatic carboxylic acids is 1. The van der Waals surface area contributed by atoms with E-state index in [1.165, 1.54) is 36.6 Å². The molecule has 0 aliphatic heterocycles. The van der Waals surface area contributed by atoms with Crippen molar-refractivity contribution in [1.29, 1.82) is 0 Å². The molecule has 1 atom stereocenters. The van der Waals surface area contributed by atoms with E-state index < -0.39 is 23.8 Å². The molecule has 0 spiro atoms. The van der Waals surface area contributed by atoms with Crippen LogP contribution >= 0.6 is 0 Å². The molecule has 0 saturated heterocycles. The first-order chi connectivity index (χ1) is 16.7. The van der Waals surface area contributed by atoms with Crippen molar-refractivity contribution in [2.24, 2.45) is 0 Å². The lowest BCUT2D eigenvalue weighted by Crippen LogP contribution is -2.48. The van der Waals surface area contributed by atoms with Gasteiger partial charge in [-0.1, -0.05) is 12.1 Å². The monoisotopic (exact) mass is 479 g/mol. The van der Waals surface area contributed by atoms with Crippen LogP contribution in [0, 0.1) is 13.8 Å². The van der Waals surface area contributed by atoms with Gasteiger partial charge in [0, 0.05) is 29.8 Å². The number of hydrogen-bond donors (Lipinski definition) is 5. The van der Waals surface area contributed by atoms with Crippen molar-refractivity contribution >= 4 is 23.7 Å². The van der Waals surface area contributed by atoms with Gasteiger partial charge in [0.05, 0.1) is 6.26 Å². The highest BCUT2D eigenvalue weighted by molar-refractivity contribution is 6.00. The minimum atomic E-state index is -1.38. The lowest BCUT2D eigenvalue weighted by Gasteiger charge is -2.16. The van der Waals surface area contributed by atoms with Gasteiger partial charge in [0.15, 0.2) is 5.76 Å². The van der Waals surface area contributed by atoms with Gasteiger partial charge in [-0.3, -0.25) is 14.4 Å². The van der Waals surface area contributed by atoms with Crippen LogP contribution in [0.5, 0.6) is 5.75 Å². The molecule has 1 aromatic heterocycles. The molecule has 3 aromatic rings. The van der Waals surface area contributed by atoms with Crippen molar-refractivity contribution in [2.45, 2.75) is 26.4 Å². The van der Waals surface area contributed by atoms with Gasteiger partial charge < -0.3 is 30.6 Å². The summed E-state index contributed by atoms with van der Waals surface area (Å²) in [6.07, 6.45) is 1.35. The molecule has 35 heavy (non-hydrogen) atoms. The summed E-state index contributed by atoms with van der Waals surface area (Å²) >= 11 is 0. The zero-order valence-corrected chi connectivity index (χ0v) is 19.1. The van der Waals surface area contributed by atoms with E-state index in [-0.39, 0.29) is 36.1 Å². The third-order valence-corrected chi connectivity index (χ3v) is 5.24. The van der Waals surface area contributed by atoms with Crippen LogP contribution in [0.2, 0.25) is 0 Å². The molecule has 10 nitrogen and oxygen atoms in total. The summed E-state index contributed by atoms with van der Waals surface area (Å²) in [6.45, 7) is 3.15. The predicted molar refractivity (Wildman–Crippen MR) is 125 cm³/mol. The van der Waals surface area contributed by atoms with Crippen molar-refractivity contribution in [3.8, 4) is 5.75 Å². The molecule has 3 rings (SSSR count). The number of carbonyl (C=O) groups is 4. The summed E-state index contributed by atoms with van der Waals surface area (Å²) in [7, 11) is 0. The number of phenols is 1. The molecule has 2 aromatic carbocycles. The molecular formula is C25H25N3O7. The molecular weight excluding hydrogens is 454 g/mol. The maximum atomic E-state index is 12.7. The summed E-state index contributed by atoms with van der Waals surface area (Å²) < 4.78 is 5.07. The fourth-order valence-corrected chi connectivity index (χ4v) is 3.33. The van der Waals surface area contributed by atoms with E-state index >= 15 is 0 Å². The van der Waals surface area contributed by atoms with Gasteiger partial charge in [0.2, 0.25) is 0 Å². The maximum Gasteiger partial charge on any atom is 0.328 e. The molecule has 0 fully saturated rings. The topological polar surface area (TPSA) is 158 Å². The van der Waals surface area contributed by atoms with Crippen LogP contribution < -0.4 is 16.0 Å². The zero-order valence-electron chi connectivity index (χ0n) is 19.1. The maximum absolute atomic E-state index is 12.7. The van der Waals surface area contributed by atoms with Crippen molar-refractivity contribution in [2.75, 3.05) is 6.54 Å². The van der Waals surface area contributed by atoms with Gasteiger partial charge in [0.1, 0.15) is 11.8 Å². The smallest absolute Gasteiger partial charge is 0.328 e. The summed E-state index contributed by atoms with van der Waals surface area (Å²) in [6, 6.07) is 11.1. The lowest BCUT2D eigenvalue weighted by atomic mass is 10.0. The normalized spacial score (nSPS) is 11.4. The highest BCUT2D eigenvalue weighted by Crippen LogP contribution is 2.14. The number of amides is 3. The third kappa shape index (κ3) is 6.47. The van der Waals surface area contributed by atoms with Crippen LogP contribution in [0.3, 0.4) is 0 Å². The second-order valence-corrected chi connectivity index (χ2v) is 7.89. The summed E-state index contributed by atoms with van der Waals surface area (Å²) in [5.41, 5.74) is 2.29. The Morgan fingerprint density at radius 1 is 0.914 bits per heavy atom. The number of hydrogen-bond acceptors (Lipinski definition) is 6. The second kappa shape index (κ2) is 11.0. The highest BCUT2D eigenvalue weighted by atomic mass is 16.4. The standard InChI is InChI=1S/C25H25N3O7/c1-14-8-9-35-21(14)24(32)27-13-20(25(33)34)28-23(31)19-7-6-17(10-15(19)2)22(30)26-12-16-4-3-5-18(29)11-16/h3-11,20,29H,12-13H2,1-2H3,(H,26,30)(H,27,32)(H,28,31)(H,33,34). The Kier molecular flexibility index (Phi) is 7.88. The summed E-state index contributed by atoms with van der Waals surface area (Å²) in [5.74, 6) is -2.79. The first kappa shape index (κ1) is 25.0. The Morgan fingerprint density at radius 2 is 1.69 bits per heavy atom. The second-order valence-electron chi connectivity index (χ2n) is 7.89. The van der Waals surface area contributed by atoms with E-state index in [0.717, 1.165) is 5.56 Å². The molecule has 3 amide bonds. The molecule has 0 bridgehead atoms. The average Bonchev–Trinajstić information content (AvgIpc) is 3.25. The van der Waals surface area contributed by atoms with E-state index in [9.17, 15) is 29.4 Å². The Hall–Kier alpha value is -4.60. The number of phenolic OH excluding ortho intramolecular Hbond substituents is 1. The summed E-state index contributed by atoms with van der Waals surface area (Å²) in [4.78, 5) is 49.0. The van der Waals surface area contributed by atoms with E-state index in [4.69, 9.17) is 4.42 Å².